The molecule has 1 rings (SSSR count). The van der Waals surface area contributed by atoms with Crippen LogP contribution in [-0.4, -0.2) is 42.4 Å². The summed E-state index contributed by atoms with van der Waals surface area (Å²) in [4.78, 5) is 13.8. The van der Waals surface area contributed by atoms with E-state index in [-0.39, 0.29) is 0 Å². The third-order valence-electron chi connectivity index (χ3n) is 2.97. The molecule has 3 nitrogen and oxygen atoms in total. The summed E-state index contributed by atoms with van der Waals surface area (Å²) < 4.78 is 0. The van der Waals surface area contributed by atoms with E-state index in [0.29, 0.717) is 18.2 Å². The van der Waals surface area contributed by atoms with Gasteiger partial charge in [-0.3, -0.25) is 4.79 Å². The van der Waals surface area contributed by atoms with Crippen LogP contribution in [0.3, 0.4) is 0 Å². The predicted octanol–water partition coefficient (Wildman–Crippen LogP) is 1.33. The van der Waals surface area contributed by atoms with Crippen molar-refractivity contribution in [3.8, 4) is 0 Å². The predicted molar refractivity (Wildman–Crippen MR) is 66.0 cm³/mol. The average molecular weight is 230 g/mol. The molecule has 0 aromatic heterocycles. The Morgan fingerprint density at radius 1 is 1.60 bits per heavy atom. The van der Waals surface area contributed by atoms with E-state index in [0.717, 1.165) is 38.2 Å². The highest BCUT2D eigenvalue weighted by atomic mass is 32.2. The zero-order valence-electron chi connectivity index (χ0n) is 9.58. The third-order valence-corrected chi connectivity index (χ3v) is 3.58. The van der Waals surface area contributed by atoms with Crippen LogP contribution in [0.15, 0.2) is 0 Å². The Labute approximate surface area is 96.8 Å². The van der Waals surface area contributed by atoms with Crippen molar-refractivity contribution in [1.82, 2.24) is 4.90 Å². The van der Waals surface area contributed by atoms with Crippen molar-refractivity contribution in [2.45, 2.75) is 25.7 Å². The first-order valence-corrected chi connectivity index (χ1v) is 7.14. The quantitative estimate of drug-likeness (QED) is 0.775. The molecule has 1 aliphatic heterocycles. The van der Waals surface area contributed by atoms with Crippen molar-refractivity contribution >= 4 is 17.7 Å². The Morgan fingerprint density at radius 3 is 3.07 bits per heavy atom. The van der Waals surface area contributed by atoms with Gasteiger partial charge < -0.3 is 10.6 Å². The summed E-state index contributed by atoms with van der Waals surface area (Å²) in [5.74, 6) is 1.91. The van der Waals surface area contributed by atoms with Crippen molar-refractivity contribution in [3.05, 3.63) is 0 Å². The summed E-state index contributed by atoms with van der Waals surface area (Å²) in [6.45, 7) is 2.64. The zero-order valence-corrected chi connectivity index (χ0v) is 10.4. The van der Waals surface area contributed by atoms with Crippen LogP contribution in [0.25, 0.3) is 0 Å². The normalized spacial score (nSPS) is 21.7. The molecular weight excluding hydrogens is 208 g/mol. The van der Waals surface area contributed by atoms with Gasteiger partial charge in [0.2, 0.25) is 5.91 Å². The smallest absolute Gasteiger partial charge is 0.223 e. The fourth-order valence-corrected chi connectivity index (χ4v) is 2.49. The van der Waals surface area contributed by atoms with Crippen molar-refractivity contribution in [3.63, 3.8) is 0 Å². The van der Waals surface area contributed by atoms with Crippen molar-refractivity contribution < 1.29 is 4.79 Å². The summed E-state index contributed by atoms with van der Waals surface area (Å²) in [6.07, 6.45) is 6.18. The molecule has 0 bridgehead atoms. The van der Waals surface area contributed by atoms with Crippen LogP contribution < -0.4 is 5.73 Å². The first kappa shape index (κ1) is 12.8. The zero-order chi connectivity index (χ0) is 11.1. The molecule has 1 saturated heterocycles. The number of nitrogens with two attached hydrogens (primary N) is 1. The lowest BCUT2D eigenvalue weighted by Crippen LogP contribution is -2.40. The number of likely N-dealkylation sites (tertiary alicyclic amines) is 1. The molecule has 1 fully saturated rings. The Morgan fingerprint density at radius 2 is 2.40 bits per heavy atom. The molecule has 0 aromatic rings. The van der Waals surface area contributed by atoms with Gasteiger partial charge in [0.05, 0.1) is 0 Å². The molecule has 1 atom stereocenters. The van der Waals surface area contributed by atoms with Crippen LogP contribution >= 0.6 is 11.8 Å². The van der Waals surface area contributed by atoms with Crippen molar-refractivity contribution in [2.24, 2.45) is 11.7 Å². The Hall–Kier alpha value is -0.220. The SMILES string of the molecule is CSCCC(=O)N1CCCC(CCN)C1. The third kappa shape index (κ3) is 4.43. The second-order valence-electron chi connectivity index (χ2n) is 4.17. The van der Waals surface area contributed by atoms with Gasteiger partial charge in [0.15, 0.2) is 0 Å². The number of piperidine rings is 1. The molecule has 1 amide bonds. The molecule has 0 radical (unpaired) electrons. The molecule has 0 aliphatic carbocycles. The van der Waals surface area contributed by atoms with Crippen LogP contribution in [0.4, 0.5) is 0 Å². The highest BCUT2D eigenvalue weighted by molar-refractivity contribution is 7.98. The minimum absolute atomic E-state index is 0.325. The number of hydrogen-bond donors (Lipinski definition) is 1. The summed E-state index contributed by atoms with van der Waals surface area (Å²) in [5, 5.41) is 0. The lowest BCUT2D eigenvalue weighted by atomic mass is 9.95. The number of hydrogen-bond acceptors (Lipinski definition) is 3. The van der Waals surface area contributed by atoms with Gasteiger partial charge in [-0.15, -0.1) is 0 Å². The minimum atomic E-state index is 0.325. The Kier molecular flexibility index (Phi) is 6.10. The van der Waals surface area contributed by atoms with E-state index in [1.54, 1.807) is 11.8 Å². The first-order valence-electron chi connectivity index (χ1n) is 5.74. The summed E-state index contributed by atoms with van der Waals surface area (Å²) in [7, 11) is 0. The molecule has 88 valence electrons. The van der Waals surface area contributed by atoms with Gasteiger partial charge in [0, 0.05) is 25.3 Å². The molecule has 2 N–H and O–H groups in total. The topological polar surface area (TPSA) is 46.3 Å². The van der Waals surface area contributed by atoms with Gasteiger partial charge in [0.1, 0.15) is 0 Å². The standard InChI is InChI=1S/C11H22N2OS/c1-15-8-5-11(14)13-7-2-3-10(9-13)4-6-12/h10H,2-9,12H2,1H3. The molecular formula is C11H22N2OS. The number of amides is 1. The Bertz CT molecular complexity index is 197. The molecule has 1 unspecified atom stereocenters. The Balaban J connectivity index is 2.31. The van der Waals surface area contributed by atoms with Crippen LogP contribution in [0, 0.1) is 5.92 Å². The number of carbonyl (C=O) groups is 1. The summed E-state index contributed by atoms with van der Waals surface area (Å²) in [5.41, 5.74) is 5.55. The number of rotatable bonds is 5. The molecule has 4 heteroatoms. The van der Waals surface area contributed by atoms with Gasteiger partial charge in [-0.1, -0.05) is 0 Å². The van der Waals surface area contributed by atoms with Crippen LogP contribution in [-0.2, 0) is 4.79 Å². The summed E-state index contributed by atoms with van der Waals surface area (Å²) >= 11 is 1.74. The highest BCUT2D eigenvalue weighted by Crippen LogP contribution is 2.19. The lowest BCUT2D eigenvalue weighted by Gasteiger charge is -2.32. The van der Waals surface area contributed by atoms with Gasteiger partial charge in [-0.25, -0.2) is 0 Å². The minimum Gasteiger partial charge on any atom is -0.342 e. The van der Waals surface area contributed by atoms with E-state index >= 15 is 0 Å². The average Bonchev–Trinajstić information content (AvgIpc) is 2.27. The molecule has 0 spiro atoms. The monoisotopic (exact) mass is 230 g/mol. The maximum absolute atomic E-state index is 11.8. The largest absolute Gasteiger partial charge is 0.342 e. The van der Waals surface area contributed by atoms with Crippen LogP contribution in [0.5, 0.6) is 0 Å². The molecule has 0 aromatic carbocycles. The van der Waals surface area contributed by atoms with E-state index in [2.05, 4.69) is 0 Å². The van der Waals surface area contributed by atoms with E-state index in [4.69, 9.17) is 5.73 Å². The van der Waals surface area contributed by atoms with E-state index < -0.39 is 0 Å². The molecule has 1 heterocycles. The maximum atomic E-state index is 11.8. The van der Waals surface area contributed by atoms with Crippen LogP contribution in [0.2, 0.25) is 0 Å². The molecule has 1 aliphatic rings. The number of carbonyl (C=O) groups excluding carboxylic acids is 1. The first-order chi connectivity index (χ1) is 7.27. The second kappa shape index (κ2) is 7.12. The summed E-state index contributed by atoms with van der Waals surface area (Å²) in [6, 6.07) is 0. The second-order valence-corrected chi connectivity index (χ2v) is 5.15. The van der Waals surface area contributed by atoms with Crippen LogP contribution in [0.1, 0.15) is 25.7 Å². The van der Waals surface area contributed by atoms with Gasteiger partial charge in [0.25, 0.3) is 0 Å². The fraction of sp³-hybridized carbons (Fsp3) is 0.909. The fourth-order valence-electron chi connectivity index (χ4n) is 2.11. The van der Waals surface area contributed by atoms with Crippen molar-refractivity contribution in [2.75, 3.05) is 31.6 Å². The van der Waals surface area contributed by atoms with E-state index in [1.807, 2.05) is 11.2 Å². The van der Waals surface area contributed by atoms with E-state index in [9.17, 15) is 4.79 Å². The van der Waals surface area contributed by atoms with Crippen molar-refractivity contribution in [1.29, 1.82) is 0 Å². The number of nitrogens with zero attached hydrogens (tertiary/aromatic N) is 1. The molecule has 0 saturated carbocycles. The lowest BCUT2D eigenvalue weighted by molar-refractivity contribution is -0.132. The van der Waals surface area contributed by atoms with Gasteiger partial charge in [-0.2, -0.15) is 11.8 Å². The highest BCUT2D eigenvalue weighted by Gasteiger charge is 2.22. The van der Waals surface area contributed by atoms with Gasteiger partial charge in [-0.05, 0) is 38.0 Å². The maximum Gasteiger partial charge on any atom is 0.223 e. The van der Waals surface area contributed by atoms with Gasteiger partial charge >= 0.3 is 0 Å². The van der Waals surface area contributed by atoms with E-state index in [1.165, 1.54) is 6.42 Å². The number of thioether (sulfide) groups is 1. The molecule has 15 heavy (non-hydrogen) atoms.